The van der Waals surface area contributed by atoms with Gasteiger partial charge in [-0.05, 0) is 18.2 Å². The molecule has 51 valence electrons. The zero-order valence-electron chi connectivity index (χ0n) is 5.65. The van der Waals surface area contributed by atoms with Crippen molar-refractivity contribution in [2.24, 2.45) is 4.99 Å². The van der Waals surface area contributed by atoms with Crippen LogP contribution in [0.5, 0.6) is 0 Å². The number of benzene rings is 1. The minimum Gasteiger partial charge on any atom is -0.235 e. The summed E-state index contributed by atoms with van der Waals surface area (Å²) in [4.78, 5) is 3.97. The van der Waals surface area contributed by atoms with E-state index in [4.69, 9.17) is 5.26 Å². The fourth-order valence-electron chi connectivity index (χ4n) is 0.959. The summed E-state index contributed by atoms with van der Waals surface area (Å²) < 4.78 is 0. The normalized spacial score (nSPS) is 11.9. The van der Waals surface area contributed by atoms with Crippen LogP contribution in [0.4, 0.5) is 11.4 Å². The molecule has 0 amide bonds. The van der Waals surface area contributed by atoms with Crippen LogP contribution in [0.15, 0.2) is 23.2 Å². The fraction of sp³-hybridized carbons (Fsp3) is 0. The number of nitriles is 1. The summed E-state index contributed by atoms with van der Waals surface area (Å²) in [5, 5.41) is 12.5. The lowest BCUT2D eigenvalue weighted by atomic mass is 10.2. The van der Waals surface area contributed by atoms with Gasteiger partial charge < -0.3 is 0 Å². The van der Waals surface area contributed by atoms with Crippen LogP contribution in [0.25, 0.3) is 0 Å². The zero-order valence-corrected chi connectivity index (χ0v) is 5.65. The number of aliphatic imine (C=N–C) groups is 1. The second-order valence-electron chi connectivity index (χ2n) is 2.19. The van der Waals surface area contributed by atoms with Gasteiger partial charge in [0, 0.05) is 0 Å². The van der Waals surface area contributed by atoms with Crippen LogP contribution in [0, 0.1) is 11.3 Å². The molecule has 3 heteroatoms. The number of rotatable bonds is 0. The fourth-order valence-corrected chi connectivity index (χ4v) is 0.959. The molecule has 0 aromatic heterocycles. The molecule has 0 unspecified atom stereocenters. The number of hydrogen-bond donors (Lipinski definition) is 0. The molecular weight excluding hydrogens is 138 g/mol. The minimum atomic E-state index is 0.623. The van der Waals surface area contributed by atoms with Gasteiger partial charge in [0.05, 0.1) is 23.0 Å². The largest absolute Gasteiger partial charge is 0.235 e. The summed E-state index contributed by atoms with van der Waals surface area (Å²) in [6.07, 6.45) is 1.49. The van der Waals surface area contributed by atoms with E-state index >= 15 is 0 Å². The van der Waals surface area contributed by atoms with E-state index in [0.29, 0.717) is 5.56 Å². The van der Waals surface area contributed by atoms with Gasteiger partial charge in [0.25, 0.3) is 0 Å². The van der Waals surface area contributed by atoms with E-state index in [0.717, 1.165) is 11.4 Å². The summed E-state index contributed by atoms with van der Waals surface area (Å²) in [7, 11) is 0. The topological polar surface area (TPSA) is 50.2 Å². The quantitative estimate of drug-likeness (QED) is 0.541. The van der Waals surface area contributed by atoms with Crippen LogP contribution in [0.3, 0.4) is 0 Å². The Morgan fingerprint density at radius 3 is 3.00 bits per heavy atom. The molecule has 0 saturated heterocycles. The Morgan fingerprint density at radius 2 is 2.18 bits per heavy atom. The third-order valence-electron chi connectivity index (χ3n) is 1.50. The molecule has 0 spiro atoms. The first-order valence-corrected chi connectivity index (χ1v) is 3.18. The summed E-state index contributed by atoms with van der Waals surface area (Å²) >= 11 is 0. The SMILES string of the molecule is N#Cc1ccc2c(c1)N=C[N]2. The Hall–Kier alpha value is -1.82. The van der Waals surface area contributed by atoms with E-state index in [-0.39, 0.29) is 0 Å². The second kappa shape index (κ2) is 2.10. The van der Waals surface area contributed by atoms with Crippen molar-refractivity contribution in [3.8, 4) is 6.07 Å². The maximum absolute atomic E-state index is 8.54. The molecule has 1 aliphatic rings. The first-order valence-electron chi connectivity index (χ1n) is 3.18. The van der Waals surface area contributed by atoms with Gasteiger partial charge in [-0.3, -0.25) is 0 Å². The predicted octanol–water partition coefficient (Wildman–Crippen LogP) is 1.47. The Balaban J connectivity index is 2.58. The molecule has 1 radical (unpaired) electrons. The third kappa shape index (κ3) is 0.849. The van der Waals surface area contributed by atoms with Gasteiger partial charge in [-0.25, -0.2) is 10.3 Å². The summed E-state index contributed by atoms with van der Waals surface area (Å²) in [5.74, 6) is 0. The molecule has 0 bridgehead atoms. The van der Waals surface area contributed by atoms with Gasteiger partial charge in [0.2, 0.25) is 0 Å². The average molecular weight is 142 g/mol. The van der Waals surface area contributed by atoms with Crippen molar-refractivity contribution in [1.29, 1.82) is 5.26 Å². The predicted molar refractivity (Wildman–Crippen MR) is 41.1 cm³/mol. The summed E-state index contributed by atoms with van der Waals surface area (Å²) in [5.41, 5.74) is 2.24. The van der Waals surface area contributed by atoms with Gasteiger partial charge in [-0.15, -0.1) is 0 Å². The Bertz CT molecular complexity index is 360. The summed E-state index contributed by atoms with van der Waals surface area (Å²) in [6, 6.07) is 7.29. The van der Waals surface area contributed by atoms with Crippen LogP contribution in [0.2, 0.25) is 0 Å². The molecule has 1 aromatic rings. The molecule has 0 atom stereocenters. The van der Waals surface area contributed by atoms with Crippen LogP contribution >= 0.6 is 0 Å². The highest BCUT2D eigenvalue weighted by atomic mass is 15.0. The molecule has 0 aliphatic carbocycles. The molecule has 1 aromatic carbocycles. The van der Waals surface area contributed by atoms with Gasteiger partial charge in [0.15, 0.2) is 0 Å². The smallest absolute Gasteiger partial charge is 0.116 e. The molecule has 0 N–H and O–H groups in total. The van der Waals surface area contributed by atoms with Crippen molar-refractivity contribution < 1.29 is 0 Å². The average Bonchev–Trinajstić information content (AvgIpc) is 2.50. The molecule has 0 fully saturated rings. The highest BCUT2D eigenvalue weighted by Gasteiger charge is 2.06. The maximum Gasteiger partial charge on any atom is 0.116 e. The van der Waals surface area contributed by atoms with Gasteiger partial charge in [0.1, 0.15) is 6.34 Å². The van der Waals surface area contributed by atoms with E-state index in [1.54, 1.807) is 18.2 Å². The van der Waals surface area contributed by atoms with Crippen molar-refractivity contribution in [2.45, 2.75) is 0 Å². The Kier molecular flexibility index (Phi) is 1.13. The first-order chi connectivity index (χ1) is 5.40. The molecule has 3 nitrogen and oxygen atoms in total. The lowest BCUT2D eigenvalue weighted by Gasteiger charge is -1.93. The van der Waals surface area contributed by atoms with Crippen molar-refractivity contribution in [2.75, 3.05) is 0 Å². The third-order valence-corrected chi connectivity index (χ3v) is 1.50. The van der Waals surface area contributed by atoms with Crippen molar-refractivity contribution >= 4 is 17.7 Å². The Morgan fingerprint density at radius 1 is 1.27 bits per heavy atom. The number of fused-ring (bicyclic) bond motifs is 1. The molecule has 0 saturated carbocycles. The van der Waals surface area contributed by atoms with Crippen LogP contribution < -0.4 is 5.32 Å². The van der Waals surface area contributed by atoms with Crippen molar-refractivity contribution in [1.82, 2.24) is 5.32 Å². The zero-order chi connectivity index (χ0) is 7.68. The van der Waals surface area contributed by atoms with Gasteiger partial charge >= 0.3 is 0 Å². The lowest BCUT2D eigenvalue weighted by Crippen LogP contribution is -1.84. The second-order valence-corrected chi connectivity index (χ2v) is 2.19. The summed E-state index contributed by atoms with van der Waals surface area (Å²) in [6.45, 7) is 0. The molecular formula is C8H4N3. The molecule has 1 aliphatic heterocycles. The minimum absolute atomic E-state index is 0.623. The van der Waals surface area contributed by atoms with Crippen LogP contribution in [0.1, 0.15) is 5.56 Å². The van der Waals surface area contributed by atoms with Gasteiger partial charge in [-0.2, -0.15) is 5.26 Å². The lowest BCUT2D eigenvalue weighted by molar-refractivity contribution is 1.35. The van der Waals surface area contributed by atoms with E-state index in [9.17, 15) is 0 Å². The Labute approximate surface area is 64.0 Å². The van der Waals surface area contributed by atoms with E-state index < -0.39 is 0 Å². The number of hydrogen-bond acceptors (Lipinski definition) is 2. The van der Waals surface area contributed by atoms with E-state index in [1.165, 1.54) is 6.34 Å². The first kappa shape index (κ1) is 5.93. The molecule has 1 heterocycles. The maximum atomic E-state index is 8.54. The van der Waals surface area contributed by atoms with Crippen molar-refractivity contribution in [3.63, 3.8) is 0 Å². The van der Waals surface area contributed by atoms with Gasteiger partial charge in [-0.1, -0.05) is 0 Å². The standard InChI is InChI=1S/C8H4N3/c9-4-6-1-2-7-8(3-6)11-5-10-7/h1-3,5H. The highest BCUT2D eigenvalue weighted by molar-refractivity contribution is 5.82. The molecule has 11 heavy (non-hydrogen) atoms. The van der Waals surface area contributed by atoms with Crippen LogP contribution in [-0.2, 0) is 0 Å². The number of nitrogens with zero attached hydrogens (tertiary/aromatic N) is 3. The van der Waals surface area contributed by atoms with E-state index in [2.05, 4.69) is 10.3 Å². The molecule has 2 rings (SSSR count). The van der Waals surface area contributed by atoms with Crippen molar-refractivity contribution in [3.05, 3.63) is 23.8 Å². The monoisotopic (exact) mass is 142 g/mol. The van der Waals surface area contributed by atoms with E-state index in [1.807, 2.05) is 6.07 Å². The van der Waals surface area contributed by atoms with Crippen LogP contribution in [-0.4, -0.2) is 6.34 Å². The highest BCUT2D eigenvalue weighted by Crippen LogP contribution is 2.28.